The molecule has 0 aliphatic carbocycles. The molecule has 0 amide bonds. The van der Waals surface area contributed by atoms with Gasteiger partial charge in [0, 0.05) is 19.2 Å². The largest absolute Gasteiger partial charge is 0.380 e. The first-order chi connectivity index (χ1) is 9.51. The number of benzene rings is 1. The fourth-order valence-electron chi connectivity index (χ4n) is 2.03. The van der Waals surface area contributed by atoms with Crippen LogP contribution in [0.25, 0.3) is 0 Å². The summed E-state index contributed by atoms with van der Waals surface area (Å²) < 4.78 is 31.8. The Balaban J connectivity index is 2.77. The molecule has 0 aliphatic heterocycles. The molecule has 0 radical (unpaired) electrons. The lowest BCUT2D eigenvalue weighted by Gasteiger charge is -2.26. The monoisotopic (exact) mass is 285 g/mol. The zero-order chi connectivity index (χ0) is 15.1. The SMILES string of the molecule is CCOCCN(CC)C(C)C(=O)c1ccc(F)cc1F. The summed E-state index contributed by atoms with van der Waals surface area (Å²) in [6.45, 7) is 7.94. The first-order valence-corrected chi connectivity index (χ1v) is 6.82. The van der Waals surface area contributed by atoms with Crippen molar-refractivity contribution in [1.82, 2.24) is 4.90 Å². The fraction of sp³-hybridized carbons (Fsp3) is 0.533. The molecule has 0 saturated carbocycles. The molecule has 1 aromatic carbocycles. The van der Waals surface area contributed by atoms with E-state index < -0.39 is 17.7 Å². The van der Waals surface area contributed by atoms with Crippen LogP contribution in [-0.2, 0) is 4.74 Å². The van der Waals surface area contributed by atoms with Crippen molar-refractivity contribution >= 4 is 5.78 Å². The first kappa shape index (κ1) is 16.7. The zero-order valence-electron chi connectivity index (χ0n) is 12.2. The molecule has 0 spiro atoms. The Morgan fingerprint density at radius 2 is 2.05 bits per heavy atom. The third-order valence-corrected chi connectivity index (χ3v) is 3.26. The van der Waals surface area contributed by atoms with Gasteiger partial charge in [-0.3, -0.25) is 9.69 Å². The van der Waals surface area contributed by atoms with Gasteiger partial charge in [-0.2, -0.15) is 0 Å². The van der Waals surface area contributed by atoms with Crippen LogP contribution in [0.4, 0.5) is 8.78 Å². The number of ketones is 1. The predicted octanol–water partition coefficient (Wildman–Crippen LogP) is 2.89. The van der Waals surface area contributed by atoms with Crippen LogP contribution in [0.5, 0.6) is 0 Å². The van der Waals surface area contributed by atoms with Crippen molar-refractivity contribution < 1.29 is 18.3 Å². The fourth-order valence-corrected chi connectivity index (χ4v) is 2.03. The van der Waals surface area contributed by atoms with Crippen molar-refractivity contribution in [2.45, 2.75) is 26.8 Å². The summed E-state index contributed by atoms with van der Waals surface area (Å²) in [6.07, 6.45) is 0. The van der Waals surface area contributed by atoms with Crippen LogP contribution in [0.1, 0.15) is 31.1 Å². The van der Waals surface area contributed by atoms with E-state index >= 15 is 0 Å². The van der Waals surface area contributed by atoms with Crippen molar-refractivity contribution in [3.05, 3.63) is 35.4 Å². The number of Topliss-reactive ketones (excluding diaryl/α,β-unsaturated/α-hetero) is 1. The molecule has 0 bridgehead atoms. The highest BCUT2D eigenvalue weighted by Gasteiger charge is 2.23. The van der Waals surface area contributed by atoms with Gasteiger partial charge in [0.25, 0.3) is 0 Å². The van der Waals surface area contributed by atoms with Crippen LogP contribution in [0.2, 0.25) is 0 Å². The van der Waals surface area contributed by atoms with E-state index in [9.17, 15) is 13.6 Å². The molecule has 0 fully saturated rings. The van der Waals surface area contributed by atoms with E-state index in [-0.39, 0.29) is 11.3 Å². The molecular weight excluding hydrogens is 264 g/mol. The van der Waals surface area contributed by atoms with Crippen molar-refractivity contribution in [2.24, 2.45) is 0 Å². The molecule has 0 heterocycles. The molecule has 20 heavy (non-hydrogen) atoms. The summed E-state index contributed by atoms with van der Waals surface area (Å²) in [7, 11) is 0. The highest BCUT2D eigenvalue weighted by Crippen LogP contribution is 2.14. The minimum atomic E-state index is -0.817. The minimum Gasteiger partial charge on any atom is -0.380 e. The number of ether oxygens (including phenoxy) is 1. The Hall–Kier alpha value is -1.33. The molecule has 112 valence electrons. The van der Waals surface area contributed by atoms with Crippen molar-refractivity contribution in [1.29, 1.82) is 0 Å². The summed E-state index contributed by atoms with van der Waals surface area (Å²) in [6, 6.07) is 2.55. The molecule has 1 aromatic rings. The number of hydrogen-bond donors (Lipinski definition) is 0. The maximum atomic E-state index is 13.6. The number of likely N-dealkylation sites (N-methyl/N-ethyl adjacent to an activating group) is 1. The lowest BCUT2D eigenvalue weighted by molar-refractivity contribution is 0.0737. The number of rotatable bonds is 8. The van der Waals surface area contributed by atoms with Crippen molar-refractivity contribution in [3.8, 4) is 0 Å². The van der Waals surface area contributed by atoms with Gasteiger partial charge in [0.1, 0.15) is 11.6 Å². The maximum absolute atomic E-state index is 13.6. The number of carbonyl (C=O) groups is 1. The summed E-state index contributed by atoms with van der Waals surface area (Å²) >= 11 is 0. The van der Waals surface area contributed by atoms with Gasteiger partial charge in [-0.05, 0) is 32.5 Å². The van der Waals surface area contributed by atoms with Gasteiger partial charge in [-0.1, -0.05) is 6.92 Å². The predicted molar refractivity (Wildman–Crippen MR) is 73.9 cm³/mol. The van der Waals surface area contributed by atoms with Gasteiger partial charge in [0.05, 0.1) is 18.2 Å². The average Bonchev–Trinajstić information content (AvgIpc) is 2.42. The Labute approximate surface area is 118 Å². The van der Waals surface area contributed by atoms with E-state index in [1.807, 2.05) is 18.7 Å². The van der Waals surface area contributed by atoms with E-state index in [1.165, 1.54) is 6.07 Å². The van der Waals surface area contributed by atoms with Gasteiger partial charge in [0.15, 0.2) is 5.78 Å². The van der Waals surface area contributed by atoms with Crippen LogP contribution in [0, 0.1) is 11.6 Å². The number of hydrogen-bond acceptors (Lipinski definition) is 3. The van der Waals surface area contributed by atoms with Gasteiger partial charge in [-0.15, -0.1) is 0 Å². The van der Waals surface area contributed by atoms with E-state index in [4.69, 9.17) is 4.74 Å². The molecule has 0 aromatic heterocycles. The summed E-state index contributed by atoms with van der Waals surface area (Å²) in [5, 5.41) is 0. The lowest BCUT2D eigenvalue weighted by Crippen LogP contribution is -2.41. The van der Waals surface area contributed by atoms with Crippen LogP contribution in [0.3, 0.4) is 0 Å². The van der Waals surface area contributed by atoms with Crippen LogP contribution >= 0.6 is 0 Å². The van der Waals surface area contributed by atoms with Gasteiger partial charge in [0.2, 0.25) is 0 Å². The normalized spacial score (nSPS) is 12.7. The van der Waals surface area contributed by atoms with Crippen LogP contribution in [0.15, 0.2) is 18.2 Å². The second-order valence-electron chi connectivity index (χ2n) is 4.49. The van der Waals surface area contributed by atoms with Crippen LogP contribution < -0.4 is 0 Å². The number of nitrogens with zero attached hydrogens (tertiary/aromatic N) is 1. The van der Waals surface area contributed by atoms with Gasteiger partial charge < -0.3 is 4.74 Å². The van der Waals surface area contributed by atoms with E-state index in [0.717, 1.165) is 12.1 Å². The van der Waals surface area contributed by atoms with Crippen molar-refractivity contribution in [2.75, 3.05) is 26.3 Å². The minimum absolute atomic E-state index is 0.0752. The average molecular weight is 285 g/mol. The smallest absolute Gasteiger partial charge is 0.182 e. The second-order valence-corrected chi connectivity index (χ2v) is 4.49. The summed E-state index contributed by atoms with van der Waals surface area (Å²) in [5.41, 5.74) is -0.0752. The summed E-state index contributed by atoms with van der Waals surface area (Å²) in [5.74, 6) is -1.85. The number of halogens is 2. The highest BCUT2D eigenvalue weighted by molar-refractivity contribution is 6.00. The molecule has 3 nitrogen and oxygen atoms in total. The van der Waals surface area contributed by atoms with Gasteiger partial charge in [-0.25, -0.2) is 8.78 Å². The molecule has 1 atom stereocenters. The topological polar surface area (TPSA) is 29.5 Å². The molecule has 1 unspecified atom stereocenters. The standard InChI is InChI=1S/C15H21F2NO2/c1-4-18(8-9-20-5-2)11(3)15(19)13-7-6-12(16)10-14(13)17/h6-7,10-11H,4-5,8-9H2,1-3H3. The van der Waals surface area contributed by atoms with Gasteiger partial charge >= 0.3 is 0 Å². The van der Waals surface area contributed by atoms with E-state index in [0.29, 0.717) is 26.3 Å². The third-order valence-electron chi connectivity index (χ3n) is 3.26. The Morgan fingerprint density at radius 1 is 1.35 bits per heavy atom. The molecule has 0 aliphatic rings. The maximum Gasteiger partial charge on any atom is 0.182 e. The quantitative estimate of drug-likeness (QED) is 0.543. The van der Waals surface area contributed by atoms with Crippen molar-refractivity contribution in [3.63, 3.8) is 0 Å². The lowest BCUT2D eigenvalue weighted by atomic mass is 10.0. The third kappa shape index (κ3) is 4.35. The first-order valence-electron chi connectivity index (χ1n) is 6.82. The summed E-state index contributed by atoms with van der Waals surface area (Å²) in [4.78, 5) is 14.2. The number of carbonyl (C=O) groups excluding carboxylic acids is 1. The Kier molecular flexibility index (Phi) is 6.75. The molecule has 5 heteroatoms. The van der Waals surface area contributed by atoms with E-state index in [1.54, 1.807) is 6.92 Å². The second kappa shape index (κ2) is 8.07. The zero-order valence-corrected chi connectivity index (χ0v) is 12.2. The Bertz CT molecular complexity index is 451. The molecule has 0 saturated heterocycles. The highest BCUT2D eigenvalue weighted by atomic mass is 19.1. The van der Waals surface area contributed by atoms with Crippen LogP contribution in [-0.4, -0.2) is 43.0 Å². The van der Waals surface area contributed by atoms with E-state index in [2.05, 4.69) is 0 Å². The molecule has 0 N–H and O–H groups in total. The molecule has 1 rings (SSSR count). The Morgan fingerprint density at radius 3 is 2.60 bits per heavy atom. The molecular formula is C15H21F2NO2.